The minimum absolute atomic E-state index is 0.115. The van der Waals surface area contributed by atoms with Gasteiger partial charge in [-0.3, -0.25) is 14.7 Å². The summed E-state index contributed by atoms with van der Waals surface area (Å²) in [5, 5.41) is 2.72. The van der Waals surface area contributed by atoms with Crippen molar-refractivity contribution >= 4 is 17.8 Å². The van der Waals surface area contributed by atoms with Gasteiger partial charge in [-0.2, -0.15) is 0 Å². The van der Waals surface area contributed by atoms with Crippen molar-refractivity contribution in [2.75, 3.05) is 60.9 Å². The Morgan fingerprint density at radius 1 is 1.00 bits per heavy atom. The van der Waals surface area contributed by atoms with Crippen LogP contribution in [0.5, 0.6) is 0 Å². The molecule has 0 aromatic rings. The van der Waals surface area contributed by atoms with Gasteiger partial charge >= 0.3 is 6.09 Å². The first-order chi connectivity index (χ1) is 11.4. The van der Waals surface area contributed by atoms with Crippen molar-refractivity contribution in [3.8, 4) is 0 Å². The number of likely N-dealkylation sites (N-methyl/N-ethyl adjacent to an activating group) is 3. The Labute approximate surface area is 152 Å². The van der Waals surface area contributed by atoms with Crippen LogP contribution in [0.3, 0.4) is 0 Å². The third kappa shape index (κ3) is 12.4. The summed E-state index contributed by atoms with van der Waals surface area (Å²) in [5.74, 6) is 0.540. The van der Waals surface area contributed by atoms with Crippen LogP contribution in [0.4, 0.5) is 4.79 Å². The average Bonchev–Trinajstić information content (AvgIpc) is 2.47. The number of nitrogens with one attached hydrogen (secondary N) is 1. The fourth-order valence-corrected chi connectivity index (χ4v) is 1.91. The van der Waals surface area contributed by atoms with E-state index in [0.717, 1.165) is 19.6 Å². The molecule has 25 heavy (non-hydrogen) atoms. The number of nitrogens with zero attached hydrogens (tertiary/aromatic N) is 4. The molecule has 146 valence electrons. The summed E-state index contributed by atoms with van der Waals surface area (Å²) in [6, 6.07) is 0. The summed E-state index contributed by atoms with van der Waals surface area (Å²) in [4.78, 5) is 32.9. The number of hydrogen-bond donors (Lipinski definition) is 1. The van der Waals surface area contributed by atoms with Gasteiger partial charge in [-0.1, -0.05) is 0 Å². The highest BCUT2D eigenvalue weighted by molar-refractivity contribution is 5.98. The van der Waals surface area contributed by atoms with Crippen LogP contribution < -0.4 is 5.32 Å². The molecule has 0 aromatic heterocycles. The summed E-state index contributed by atoms with van der Waals surface area (Å²) >= 11 is 0. The van der Waals surface area contributed by atoms with Gasteiger partial charge in [0.15, 0.2) is 0 Å². The van der Waals surface area contributed by atoms with E-state index < -0.39 is 5.60 Å². The number of carbonyl (C=O) groups excluding carboxylic acids is 2. The molecule has 0 aliphatic carbocycles. The Morgan fingerprint density at radius 2 is 1.52 bits per heavy atom. The third-order valence-corrected chi connectivity index (χ3v) is 3.40. The van der Waals surface area contributed by atoms with Gasteiger partial charge in [0.1, 0.15) is 11.4 Å². The molecule has 2 amide bonds. The monoisotopic (exact) mass is 357 g/mol. The number of aliphatic imine (C=N–C) groups is 1. The van der Waals surface area contributed by atoms with Crippen molar-refractivity contribution in [2.45, 2.75) is 33.3 Å². The van der Waals surface area contributed by atoms with Crippen LogP contribution in [0.2, 0.25) is 0 Å². The highest BCUT2D eigenvalue weighted by Crippen LogP contribution is 2.08. The smallest absolute Gasteiger partial charge is 0.410 e. The molecule has 0 heterocycles. The second-order valence-corrected chi connectivity index (χ2v) is 7.29. The molecule has 0 atom stereocenters. The lowest BCUT2D eigenvalue weighted by Crippen LogP contribution is -2.42. The van der Waals surface area contributed by atoms with Crippen molar-refractivity contribution in [3.63, 3.8) is 0 Å². The van der Waals surface area contributed by atoms with E-state index in [1.807, 2.05) is 34.9 Å². The van der Waals surface area contributed by atoms with Gasteiger partial charge in [-0.25, -0.2) is 4.79 Å². The highest BCUT2D eigenvalue weighted by atomic mass is 16.6. The largest absolute Gasteiger partial charge is 0.444 e. The quantitative estimate of drug-likeness (QED) is 0.515. The van der Waals surface area contributed by atoms with Crippen molar-refractivity contribution in [1.29, 1.82) is 0 Å². The molecule has 0 saturated heterocycles. The Bertz CT molecular complexity index is 460. The Morgan fingerprint density at radius 3 is 2.00 bits per heavy atom. The molecule has 0 bridgehead atoms. The molecule has 0 spiro atoms. The van der Waals surface area contributed by atoms with Crippen LogP contribution in [0.15, 0.2) is 4.99 Å². The number of hydrogen-bond acceptors (Lipinski definition) is 6. The van der Waals surface area contributed by atoms with E-state index in [0.29, 0.717) is 18.9 Å². The van der Waals surface area contributed by atoms with Crippen LogP contribution in [-0.2, 0) is 9.53 Å². The van der Waals surface area contributed by atoms with Crippen LogP contribution >= 0.6 is 0 Å². The van der Waals surface area contributed by atoms with Gasteiger partial charge in [0, 0.05) is 47.2 Å². The van der Waals surface area contributed by atoms with Crippen molar-refractivity contribution < 1.29 is 14.3 Å². The summed E-state index contributed by atoms with van der Waals surface area (Å²) in [5.41, 5.74) is -0.480. The lowest BCUT2D eigenvalue weighted by molar-refractivity contribution is -0.117. The first-order valence-electron chi connectivity index (χ1n) is 8.49. The lowest BCUT2D eigenvalue weighted by Gasteiger charge is -2.27. The van der Waals surface area contributed by atoms with E-state index in [9.17, 15) is 9.59 Å². The molecular formula is C17H35N5O3. The van der Waals surface area contributed by atoms with E-state index >= 15 is 0 Å². The summed E-state index contributed by atoms with van der Waals surface area (Å²) < 4.78 is 5.33. The molecule has 8 nitrogen and oxygen atoms in total. The van der Waals surface area contributed by atoms with E-state index in [-0.39, 0.29) is 12.0 Å². The van der Waals surface area contributed by atoms with Gasteiger partial charge in [-0.15, -0.1) is 0 Å². The SMILES string of the molecule is CN=C(CN(C)CCN(C)CCN(C)C(=O)OC(C)(C)C)NC(C)=O. The van der Waals surface area contributed by atoms with Crippen LogP contribution in [-0.4, -0.2) is 99.1 Å². The number of amides is 2. The topological polar surface area (TPSA) is 77.5 Å². The zero-order chi connectivity index (χ0) is 19.6. The third-order valence-electron chi connectivity index (χ3n) is 3.40. The first-order valence-corrected chi connectivity index (χ1v) is 8.49. The minimum Gasteiger partial charge on any atom is -0.444 e. The van der Waals surface area contributed by atoms with E-state index in [1.54, 1.807) is 19.0 Å². The number of amidine groups is 1. The van der Waals surface area contributed by atoms with Gasteiger partial charge in [0.05, 0.1) is 6.54 Å². The standard InChI is InChI=1S/C17H35N5O3/c1-14(23)19-15(18-5)13-21(7)10-9-20(6)11-12-22(8)16(24)25-17(2,3)4/h9-13H2,1-8H3,(H,18,19,23). The van der Waals surface area contributed by atoms with Crippen molar-refractivity contribution in [3.05, 3.63) is 0 Å². The second-order valence-electron chi connectivity index (χ2n) is 7.29. The predicted molar refractivity (Wildman–Crippen MR) is 101 cm³/mol. The zero-order valence-electron chi connectivity index (χ0n) is 17.0. The Hall–Kier alpha value is -1.67. The molecule has 0 aliphatic heterocycles. The van der Waals surface area contributed by atoms with Gasteiger partial charge < -0.3 is 19.9 Å². The number of rotatable bonds is 8. The minimum atomic E-state index is -0.480. The predicted octanol–water partition coefficient (Wildman–Crippen LogP) is 0.881. The molecular weight excluding hydrogens is 322 g/mol. The number of carbonyl (C=O) groups is 2. The van der Waals surface area contributed by atoms with Crippen LogP contribution in [0, 0.1) is 0 Å². The van der Waals surface area contributed by atoms with Gasteiger partial charge in [0.2, 0.25) is 5.91 Å². The van der Waals surface area contributed by atoms with E-state index in [1.165, 1.54) is 6.92 Å². The summed E-state index contributed by atoms with van der Waals surface area (Å²) in [7, 11) is 7.40. The first kappa shape index (κ1) is 23.3. The molecule has 0 fully saturated rings. The average molecular weight is 357 g/mol. The molecule has 0 unspecified atom stereocenters. The second kappa shape index (κ2) is 11.0. The molecule has 0 aliphatic rings. The molecule has 0 rings (SSSR count). The maximum absolute atomic E-state index is 11.9. The summed E-state index contributed by atoms with van der Waals surface area (Å²) in [6.45, 7) is 10.6. The molecule has 0 saturated carbocycles. The maximum atomic E-state index is 11.9. The molecule has 0 aromatic carbocycles. The lowest BCUT2D eigenvalue weighted by atomic mass is 10.2. The van der Waals surface area contributed by atoms with E-state index in [4.69, 9.17) is 4.74 Å². The molecule has 8 heteroatoms. The zero-order valence-corrected chi connectivity index (χ0v) is 17.0. The maximum Gasteiger partial charge on any atom is 0.410 e. The van der Waals surface area contributed by atoms with Crippen LogP contribution in [0.1, 0.15) is 27.7 Å². The van der Waals surface area contributed by atoms with Crippen LogP contribution in [0.25, 0.3) is 0 Å². The fraction of sp³-hybridized carbons (Fsp3) is 0.824. The van der Waals surface area contributed by atoms with E-state index in [2.05, 4.69) is 20.1 Å². The summed E-state index contributed by atoms with van der Waals surface area (Å²) in [6.07, 6.45) is -0.308. The van der Waals surface area contributed by atoms with Crippen molar-refractivity contribution in [1.82, 2.24) is 20.0 Å². The van der Waals surface area contributed by atoms with Gasteiger partial charge in [-0.05, 0) is 34.9 Å². The molecule has 0 radical (unpaired) electrons. The Balaban J connectivity index is 4.12. The Kier molecular flexibility index (Phi) is 10.3. The normalized spacial score (nSPS) is 12.5. The number of ether oxygens (including phenoxy) is 1. The molecule has 1 N–H and O–H groups in total. The van der Waals surface area contributed by atoms with Gasteiger partial charge in [0.25, 0.3) is 0 Å². The van der Waals surface area contributed by atoms with Crippen molar-refractivity contribution in [2.24, 2.45) is 4.99 Å². The fourth-order valence-electron chi connectivity index (χ4n) is 1.91. The highest BCUT2D eigenvalue weighted by Gasteiger charge is 2.19.